The number of aliphatic hydroxyl groups excluding tert-OH is 1. The molecule has 1 atom stereocenters. The van der Waals surface area contributed by atoms with Crippen LogP contribution in [0.4, 0.5) is 11.4 Å². The van der Waals surface area contributed by atoms with Crippen LogP contribution >= 0.6 is 0 Å². The smallest absolute Gasteiger partial charge is 0.241 e. The Morgan fingerprint density at radius 2 is 1.84 bits per heavy atom. The lowest BCUT2D eigenvalue weighted by Crippen LogP contribution is -2.34. The predicted molar refractivity (Wildman–Crippen MR) is 127 cm³/mol. The van der Waals surface area contributed by atoms with Gasteiger partial charge in [0.2, 0.25) is 15.9 Å². The van der Waals surface area contributed by atoms with Crippen molar-refractivity contribution in [3.63, 3.8) is 0 Å². The van der Waals surface area contributed by atoms with Gasteiger partial charge < -0.3 is 20.2 Å². The van der Waals surface area contributed by atoms with E-state index in [1.54, 1.807) is 11.9 Å². The van der Waals surface area contributed by atoms with Gasteiger partial charge in [-0.05, 0) is 36.1 Å². The van der Waals surface area contributed by atoms with Crippen LogP contribution in [0.15, 0.2) is 48.5 Å². The highest BCUT2D eigenvalue weighted by Crippen LogP contribution is 2.25. The zero-order valence-electron chi connectivity index (χ0n) is 18.6. The Kier molecular flexibility index (Phi) is 8.11. The average molecular weight is 461 g/mol. The Labute approximate surface area is 190 Å². The number of anilines is 2. The van der Waals surface area contributed by atoms with Crippen molar-refractivity contribution in [3.8, 4) is 0 Å². The van der Waals surface area contributed by atoms with Gasteiger partial charge in [-0.25, -0.2) is 13.1 Å². The van der Waals surface area contributed by atoms with Crippen LogP contribution in [0.25, 0.3) is 0 Å². The van der Waals surface area contributed by atoms with Crippen LogP contribution in [0, 0.1) is 0 Å². The Morgan fingerprint density at radius 1 is 1.16 bits per heavy atom. The molecule has 0 saturated carbocycles. The molecule has 8 nitrogen and oxygen atoms in total. The third kappa shape index (κ3) is 6.94. The van der Waals surface area contributed by atoms with Gasteiger partial charge in [0.05, 0.1) is 18.9 Å². The molecule has 2 aromatic rings. The van der Waals surface area contributed by atoms with Gasteiger partial charge in [-0.3, -0.25) is 4.79 Å². The van der Waals surface area contributed by atoms with Gasteiger partial charge >= 0.3 is 0 Å². The number of likely N-dealkylation sites (N-methyl/N-ethyl adjacent to an activating group) is 1. The molecule has 1 aliphatic rings. The van der Waals surface area contributed by atoms with E-state index in [-0.39, 0.29) is 25.1 Å². The molecular formula is C23H32N4O4S. The van der Waals surface area contributed by atoms with Crippen molar-refractivity contribution in [3.05, 3.63) is 59.7 Å². The number of β-amino-alcohol motifs (C(OH)–C–C–N with tert-alkyl or cyclic N) is 1. The van der Waals surface area contributed by atoms with E-state index in [4.69, 9.17) is 0 Å². The van der Waals surface area contributed by atoms with E-state index in [2.05, 4.69) is 27.1 Å². The summed E-state index contributed by atoms with van der Waals surface area (Å²) in [5, 5.41) is 13.0. The number of benzene rings is 2. The summed E-state index contributed by atoms with van der Waals surface area (Å²) < 4.78 is 25.2. The Bertz CT molecular complexity index is 1030. The molecule has 0 radical (unpaired) electrons. The number of nitrogens with zero attached hydrogens (tertiary/aromatic N) is 2. The second-order valence-corrected chi connectivity index (χ2v) is 10.0. The topological polar surface area (TPSA) is 102 Å². The van der Waals surface area contributed by atoms with Gasteiger partial charge in [-0.2, -0.15) is 0 Å². The van der Waals surface area contributed by atoms with E-state index in [9.17, 15) is 18.3 Å². The third-order valence-electron chi connectivity index (χ3n) is 5.61. The fourth-order valence-corrected chi connectivity index (χ4v) is 4.18. The van der Waals surface area contributed by atoms with Gasteiger partial charge in [0.25, 0.3) is 0 Å². The van der Waals surface area contributed by atoms with Crippen LogP contribution in [-0.4, -0.2) is 69.9 Å². The molecule has 1 heterocycles. The number of para-hydroxylation sites is 2. The monoisotopic (exact) mass is 460 g/mol. The lowest BCUT2D eigenvalue weighted by Gasteiger charge is -2.23. The average Bonchev–Trinajstić information content (AvgIpc) is 3.20. The Morgan fingerprint density at radius 3 is 2.53 bits per heavy atom. The van der Waals surface area contributed by atoms with Crippen LogP contribution in [0.3, 0.4) is 0 Å². The minimum atomic E-state index is -3.30. The summed E-state index contributed by atoms with van der Waals surface area (Å²) in [6.45, 7) is 2.33. The summed E-state index contributed by atoms with van der Waals surface area (Å²) >= 11 is 0. The number of nitrogens with one attached hydrogen (secondary N) is 2. The molecule has 1 fully saturated rings. The quantitative estimate of drug-likeness (QED) is 0.496. The van der Waals surface area contributed by atoms with E-state index in [1.807, 2.05) is 36.4 Å². The van der Waals surface area contributed by atoms with Crippen molar-refractivity contribution in [2.75, 3.05) is 49.7 Å². The number of aliphatic hydroxyl groups is 1. The molecule has 0 unspecified atom stereocenters. The van der Waals surface area contributed by atoms with Gasteiger partial charge in [0, 0.05) is 44.6 Å². The largest absolute Gasteiger partial charge is 0.391 e. The van der Waals surface area contributed by atoms with E-state index >= 15 is 0 Å². The number of carbonyl (C=O) groups excluding carboxylic acids is 1. The van der Waals surface area contributed by atoms with Crippen LogP contribution in [0.2, 0.25) is 0 Å². The zero-order chi connectivity index (χ0) is 23.1. The van der Waals surface area contributed by atoms with Crippen LogP contribution in [-0.2, 0) is 27.8 Å². The van der Waals surface area contributed by atoms with Crippen molar-refractivity contribution >= 4 is 27.3 Å². The van der Waals surface area contributed by atoms with Gasteiger partial charge in [0.15, 0.2) is 0 Å². The Balaban J connectivity index is 1.54. The van der Waals surface area contributed by atoms with E-state index < -0.39 is 10.0 Å². The van der Waals surface area contributed by atoms with Gasteiger partial charge in [-0.15, -0.1) is 0 Å². The van der Waals surface area contributed by atoms with Crippen LogP contribution in [0.1, 0.15) is 17.5 Å². The fourth-order valence-electron chi connectivity index (χ4n) is 3.77. The number of sulfonamides is 1. The summed E-state index contributed by atoms with van der Waals surface area (Å²) in [4.78, 5) is 16.6. The summed E-state index contributed by atoms with van der Waals surface area (Å²) in [6, 6.07) is 15.4. The number of hydrogen-bond acceptors (Lipinski definition) is 6. The molecule has 0 aliphatic carbocycles. The zero-order valence-corrected chi connectivity index (χ0v) is 19.4. The molecule has 3 N–H and O–H groups in total. The summed E-state index contributed by atoms with van der Waals surface area (Å²) in [5.74, 6) is -0.0510. The SMILES string of the molecule is CN(CCc1ccccc1N1CC[C@H](O)C1)C(=O)CNc1ccccc1CNS(C)(=O)=O. The predicted octanol–water partition coefficient (Wildman–Crippen LogP) is 1.42. The molecule has 3 rings (SSSR count). The molecule has 9 heteroatoms. The highest BCUT2D eigenvalue weighted by Gasteiger charge is 2.22. The van der Waals surface area contributed by atoms with E-state index in [0.717, 1.165) is 48.1 Å². The maximum absolute atomic E-state index is 12.7. The van der Waals surface area contributed by atoms with Crippen molar-refractivity contribution in [1.29, 1.82) is 0 Å². The third-order valence-corrected chi connectivity index (χ3v) is 6.28. The minimum Gasteiger partial charge on any atom is -0.391 e. The molecule has 2 aromatic carbocycles. The van der Waals surface area contributed by atoms with Crippen LogP contribution in [0.5, 0.6) is 0 Å². The highest BCUT2D eigenvalue weighted by molar-refractivity contribution is 7.88. The van der Waals surface area contributed by atoms with E-state index in [0.29, 0.717) is 13.1 Å². The molecule has 0 bridgehead atoms. The molecule has 1 saturated heterocycles. The summed E-state index contributed by atoms with van der Waals surface area (Å²) in [5.41, 5.74) is 3.78. The standard InChI is InChI=1S/C23H32N4O4S/c1-26(13-11-18-7-4-6-10-22(18)27-14-12-20(28)17-27)23(29)16-24-21-9-5-3-8-19(21)15-25-32(2,30)31/h3-10,20,24-25,28H,11-17H2,1-2H3/t20-/m0/s1. The minimum absolute atomic E-state index is 0.0510. The van der Waals surface area contributed by atoms with Crippen molar-refractivity contribution < 1.29 is 18.3 Å². The van der Waals surface area contributed by atoms with Crippen molar-refractivity contribution in [2.45, 2.75) is 25.5 Å². The Hall–Kier alpha value is -2.62. The number of rotatable bonds is 10. The molecular weight excluding hydrogens is 428 g/mol. The molecule has 0 spiro atoms. The van der Waals surface area contributed by atoms with Crippen molar-refractivity contribution in [2.24, 2.45) is 0 Å². The first kappa shape index (κ1) is 24.0. The maximum atomic E-state index is 12.7. The van der Waals surface area contributed by atoms with E-state index in [1.165, 1.54) is 0 Å². The number of carbonyl (C=O) groups is 1. The number of hydrogen-bond donors (Lipinski definition) is 3. The van der Waals surface area contributed by atoms with Crippen LogP contribution < -0.4 is 14.9 Å². The second kappa shape index (κ2) is 10.8. The highest BCUT2D eigenvalue weighted by atomic mass is 32.2. The molecule has 0 aromatic heterocycles. The first-order valence-corrected chi connectivity index (χ1v) is 12.6. The summed E-state index contributed by atoms with van der Waals surface area (Å²) in [7, 11) is -1.52. The molecule has 1 aliphatic heterocycles. The number of amides is 1. The fraction of sp³-hybridized carbons (Fsp3) is 0.435. The normalized spacial score (nSPS) is 16.2. The second-order valence-electron chi connectivity index (χ2n) is 8.19. The lowest BCUT2D eigenvalue weighted by molar-refractivity contribution is -0.127. The summed E-state index contributed by atoms with van der Waals surface area (Å²) in [6.07, 6.45) is 2.33. The molecule has 32 heavy (non-hydrogen) atoms. The first-order valence-electron chi connectivity index (χ1n) is 10.7. The molecule has 1 amide bonds. The molecule has 174 valence electrons. The van der Waals surface area contributed by atoms with Crippen molar-refractivity contribution in [1.82, 2.24) is 9.62 Å². The maximum Gasteiger partial charge on any atom is 0.241 e. The van der Waals surface area contributed by atoms with Gasteiger partial charge in [-0.1, -0.05) is 36.4 Å². The lowest BCUT2D eigenvalue weighted by atomic mass is 10.1. The van der Waals surface area contributed by atoms with Gasteiger partial charge in [0.1, 0.15) is 0 Å². The first-order chi connectivity index (χ1) is 15.2.